The SMILES string of the molecule is O=CC1(CC2CCC3CC3C2)CC1. The molecular formula is C12H18O. The minimum Gasteiger partial charge on any atom is -0.303 e. The van der Waals surface area contributed by atoms with E-state index in [-0.39, 0.29) is 5.41 Å². The quantitative estimate of drug-likeness (QED) is 0.607. The lowest BCUT2D eigenvalue weighted by Gasteiger charge is -2.23. The number of hydrogen-bond acceptors (Lipinski definition) is 1. The van der Waals surface area contributed by atoms with Crippen LogP contribution in [0.3, 0.4) is 0 Å². The molecule has 1 heteroatoms. The molecule has 72 valence electrons. The zero-order valence-corrected chi connectivity index (χ0v) is 8.17. The Bertz CT molecular complexity index is 229. The molecule has 3 fully saturated rings. The smallest absolute Gasteiger partial charge is 0.126 e. The third-order valence-electron chi connectivity index (χ3n) is 4.49. The maximum Gasteiger partial charge on any atom is 0.126 e. The molecule has 3 saturated carbocycles. The van der Waals surface area contributed by atoms with Gasteiger partial charge >= 0.3 is 0 Å². The van der Waals surface area contributed by atoms with E-state index in [4.69, 9.17) is 0 Å². The third kappa shape index (κ3) is 1.43. The Kier molecular flexibility index (Phi) is 1.59. The van der Waals surface area contributed by atoms with Gasteiger partial charge in [-0.3, -0.25) is 0 Å². The van der Waals surface area contributed by atoms with Crippen LogP contribution in [0.25, 0.3) is 0 Å². The van der Waals surface area contributed by atoms with Crippen molar-refractivity contribution in [1.29, 1.82) is 0 Å². The molecule has 0 radical (unpaired) electrons. The van der Waals surface area contributed by atoms with Gasteiger partial charge in [-0.15, -0.1) is 0 Å². The van der Waals surface area contributed by atoms with E-state index in [0.29, 0.717) is 0 Å². The van der Waals surface area contributed by atoms with E-state index in [1.807, 2.05) is 0 Å². The summed E-state index contributed by atoms with van der Waals surface area (Å²) in [7, 11) is 0. The van der Waals surface area contributed by atoms with Gasteiger partial charge in [0.05, 0.1) is 0 Å². The lowest BCUT2D eigenvalue weighted by molar-refractivity contribution is -0.112. The molecule has 0 aromatic heterocycles. The van der Waals surface area contributed by atoms with Crippen LogP contribution in [0.4, 0.5) is 0 Å². The van der Waals surface area contributed by atoms with Crippen molar-refractivity contribution >= 4 is 6.29 Å². The summed E-state index contributed by atoms with van der Waals surface area (Å²) in [6, 6.07) is 0. The number of hydrogen-bond donors (Lipinski definition) is 0. The van der Waals surface area contributed by atoms with Gasteiger partial charge in [0.25, 0.3) is 0 Å². The summed E-state index contributed by atoms with van der Waals surface area (Å²) in [5.41, 5.74) is 0.173. The van der Waals surface area contributed by atoms with Crippen LogP contribution in [-0.2, 0) is 4.79 Å². The molecule has 0 bridgehead atoms. The van der Waals surface area contributed by atoms with Crippen LogP contribution < -0.4 is 0 Å². The van der Waals surface area contributed by atoms with E-state index in [2.05, 4.69) is 0 Å². The molecule has 3 aliphatic rings. The summed E-state index contributed by atoms with van der Waals surface area (Å²) in [6.45, 7) is 0. The number of rotatable bonds is 3. The van der Waals surface area contributed by atoms with Gasteiger partial charge in [0, 0.05) is 5.41 Å². The highest BCUT2D eigenvalue weighted by molar-refractivity contribution is 5.63. The van der Waals surface area contributed by atoms with Crippen molar-refractivity contribution in [2.75, 3.05) is 0 Å². The van der Waals surface area contributed by atoms with Gasteiger partial charge in [-0.1, -0.05) is 6.42 Å². The van der Waals surface area contributed by atoms with Crippen LogP contribution in [-0.4, -0.2) is 6.29 Å². The molecule has 13 heavy (non-hydrogen) atoms. The highest BCUT2D eigenvalue weighted by Gasteiger charge is 2.48. The van der Waals surface area contributed by atoms with E-state index in [9.17, 15) is 4.79 Å². The second kappa shape index (κ2) is 2.59. The van der Waals surface area contributed by atoms with Crippen molar-refractivity contribution in [3.63, 3.8) is 0 Å². The monoisotopic (exact) mass is 178 g/mol. The largest absolute Gasteiger partial charge is 0.303 e. The first kappa shape index (κ1) is 8.02. The first-order valence-corrected chi connectivity index (χ1v) is 5.78. The predicted molar refractivity (Wildman–Crippen MR) is 51.3 cm³/mol. The molecule has 0 amide bonds. The molecule has 0 aromatic rings. The van der Waals surface area contributed by atoms with Crippen molar-refractivity contribution in [3.05, 3.63) is 0 Å². The molecule has 0 aliphatic heterocycles. The number of aldehydes is 1. The third-order valence-corrected chi connectivity index (χ3v) is 4.49. The molecule has 3 atom stereocenters. The lowest BCUT2D eigenvalue weighted by atomic mass is 9.82. The molecule has 0 aromatic carbocycles. The normalized spacial score (nSPS) is 45.1. The zero-order valence-electron chi connectivity index (χ0n) is 8.17. The van der Waals surface area contributed by atoms with Gasteiger partial charge < -0.3 is 4.79 Å². The number of fused-ring (bicyclic) bond motifs is 1. The summed E-state index contributed by atoms with van der Waals surface area (Å²) >= 11 is 0. The Labute approximate surface area is 79.9 Å². The molecule has 3 aliphatic carbocycles. The Morgan fingerprint density at radius 1 is 1.15 bits per heavy atom. The summed E-state index contributed by atoms with van der Waals surface area (Å²) in [6.07, 6.45) is 10.7. The molecule has 0 spiro atoms. The van der Waals surface area contributed by atoms with Crippen molar-refractivity contribution in [2.24, 2.45) is 23.2 Å². The zero-order chi connectivity index (χ0) is 8.89. The molecule has 0 N–H and O–H groups in total. The highest BCUT2D eigenvalue weighted by atomic mass is 16.1. The van der Waals surface area contributed by atoms with Crippen molar-refractivity contribution in [2.45, 2.75) is 44.9 Å². The van der Waals surface area contributed by atoms with Crippen LogP contribution in [0.5, 0.6) is 0 Å². The fraction of sp³-hybridized carbons (Fsp3) is 0.917. The minimum absolute atomic E-state index is 0.173. The molecule has 3 rings (SSSR count). The fourth-order valence-electron chi connectivity index (χ4n) is 3.24. The average molecular weight is 178 g/mol. The van der Waals surface area contributed by atoms with E-state index in [1.54, 1.807) is 0 Å². The van der Waals surface area contributed by atoms with Crippen LogP contribution in [0.15, 0.2) is 0 Å². The van der Waals surface area contributed by atoms with Crippen LogP contribution in [0.1, 0.15) is 44.9 Å². The van der Waals surface area contributed by atoms with Crippen molar-refractivity contribution in [3.8, 4) is 0 Å². The first-order valence-electron chi connectivity index (χ1n) is 5.78. The van der Waals surface area contributed by atoms with Gasteiger partial charge in [-0.05, 0) is 56.3 Å². The van der Waals surface area contributed by atoms with E-state index < -0.39 is 0 Å². The molecule has 0 heterocycles. The van der Waals surface area contributed by atoms with Crippen LogP contribution in [0.2, 0.25) is 0 Å². The lowest BCUT2D eigenvalue weighted by Crippen LogP contribution is -2.15. The highest BCUT2D eigenvalue weighted by Crippen LogP contribution is 2.56. The Morgan fingerprint density at radius 2 is 2.00 bits per heavy atom. The predicted octanol–water partition coefficient (Wildman–Crippen LogP) is 2.79. The molecule has 0 saturated heterocycles. The maximum absolute atomic E-state index is 10.9. The van der Waals surface area contributed by atoms with E-state index >= 15 is 0 Å². The number of carbonyl (C=O) groups is 1. The maximum atomic E-state index is 10.9. The second-order valence-electron chi connectivity index (χ2n) is 5.62. The first-order chi connectivity index (χ1) is 6.31. The minimum atomic E-state index is 0.173. The van der Waals surface area contributed by atoms with Crippen LogP contribution in [0, 0.1) is 23.2 Å². The van der Waals surface area contributed by atoms with Crippen molar-refractivity contribution in [1.82, 2.24) is 0 Å². The summed E-state index contributed by atoms with van der Waals surface area (Å²) in [5.74, 6) is 3.07. The summed E-state index contributed by atoms with van der Waals surface area (Å²) in [4.78, 5) is 10.9. The standard InChI is InChI=1S/C12H18O/c13-8-12(3-4-12)7-9-1-2-10-6-11(10)5-9/h8-11H,1-7H2. The number of carbonyl (C=O) groups excluding carboxylic acids is 1. The fourth-order valence-corrected chi connectivity index (χ4v) is 3.24. The van der Waals surface area contributed by atoms with Gasteiger partial charge in [-0.2, -0.15) is 0 Å². The molecule has 3 unspecified atom stereocenters. The van der Waals surface area contributed by atoms with Gasteiger partial charge in [-0.25, -0.2) is 0 Å². The average Bonchev–Trinajstić information content (AvgIpc) is 2.99. The second-order valence-corrected chi connectivity index (χ2v) is 5.62. The van der Waals surface area contributed by atoms with Gasteiger partial charge in [0.2, 0.25) is 0 Å². The van der Waals surface area contributed by atoms with Gasteiger partial charge in [0.15, 0.2) is 0 Å². The summed E-state index contributed by atoms with van der Waals surface area (Å²) in [5, 5.41) is 0. The Hall–Kier alpha value is -0.330. The van der Waals surface area contributed by atoms with E-state index in [1.165, 1.54) is 51.2 Å². The van der Waals surface area contributed by atoms with Gasteiger partial charge in [0.1, 0.15) is 6.29 Å². The van der Waals surface area contributed by atoms with Crippen molar-refractivity contribution < 1.29 is 4.79 Å². The molecule has 1 nitrogen and oxygen atoms in total. The molecular weight excluding hydrogens is 160 g/mol. The van der Waals surface area contributed by atoms with Crippen LogP contribution >= 0.6 is 0 Å². The van der Waals surface area contributed by atoms with E-state index in [0.717, 1.165) is 17.8 Å². The Balaban J connectivity index is 1.57. The Morgan fingerprint density at radius 3 is 2.62 bits per heavy atom. The topological polar surface area (TPSA) is 17.1 Å². The summed E-state index contributed by atoms with van der Waals surface area (Å²) < 4.78 is 0.